The second-order valence-electron chi connectivity index (χ2n) is 6.16. The molecular formula is C13H22N2O3. The lowest BCUT2D eigenvalue weighted by atomic mass is 9.87. The summed E-state index contributed by atoms with van der Waals surface area (Å²) >= 11 is 0. The van der Waals surface area contributed by atoms with Gasteiger partial charge in [0.25, 0.3) is 0 Å². The molecule has 0 aromatic carbocycles. The molecule has 18 heavy (non-hydrogen) atoms. The minimum absolute atomic E-state index is 0.0628. The van der Waals surface area contributed by atoms with E-state index >= 15 is 0 Å². The lowest BCUT2D eigenvalue weighted by Crippen LogP contribution is -2.48. The third-order valence-electron chi connectivity index (χ3n) is 4.06. The monoisotopic (exact) mass is 254 g/mol. The maximum Gasteiger partial charge on any atom is 0.303 e. The zero-order chi connectivity index (χ0) is 13.3. The Kier molecular flexibility index (Phi) is 3.61. The van der Waals surface area contributed by atoms with Crippen LogP contribution in [-0.4, -0.2) is 34.6 Å². The van der Waals surface area contributed by atoms with Crippen LogP contribution in [0.2, 0.25) is 0 Å². The molecule has 2 aliphatic heterocycles. The molecule has 2 bridgehead atoms. The van der Waals surface area contributed by atoms with Crippen LogP contribution in [-0.2, 0) is 9.59 Å². The number of fused-ring (bicyclic) bond motifs is 2. The van der Waals surface area contributed by atoms with E-state index in [2.05, 4.69) is 10.6 Å². The van der Waals surface area contributed by atoms with Gasteiger partial charge < -0.3 is 15.7 Å². The van der Waals surface area contributed by atoms with Gasteiger partial charge in [0, 0.05) is 24.0 Å². The first-order valence-corrected chi connectivity index (χ1v) is 6.67. The smallest absolute Gasteiger partial charge is 0.303 e. The van der Waals surface area contributed by atoms with Gasteiger partial charge in [0.15, 0.2) is 0 Å². The molecule has 102 valence electrons. The third kappa shape index (κ3) is 3.02. The van der Waals surface area contributed by atoms with Crippen molar-refractivity contribution >= 4 is 11.9 Å². The van der Waals surface area contributed by atoms with Crippen molar-refractivity contribution in [3.8, 4) is 0 Å². The third-order valence-corrected chi connectivity index (χ3v) is 4.06. The number of amides is 1. The highest BCUT2D eigenvalue weighted by Crippen LogP contribution is 2.33. The summed E-state index contributed by atoms with van der Waals surface area (Å²) in [5.41, 5.74) is -0.447. The van der Waals surface area contributed by atoms with Crippen LogP contribution in [0, 0.1) is 5.92 Å². The molecule has 5 heteroatoms. The maximum atomic E-state index is 12.2. The largest absolute Gasteiger partial charge is 0.481 e. The molecule has 2 fully saturated rings. The quantitative estimate of drug-likeness (QED) is 0.680. The molecule has 2 heterocycles. The van der Waals surface area contributed by atoms with Gasteiger partial charge in [0.1, 0.15) is 0 Å². The van der Waals surface area contributed by atoms with Crippen LogP contribution in [0.3, 0.4) is 0 Å². The highest BCUT2D eigenvalue weighted by atomic mass is 16.4. The van der Waals surface area contributed by atoms with E-state index in [0.29, 0.717) is 18.5 Å². The topological polar surface area (TPSA) is 78.4 Å². The van der Waals surface area contributed by atoms with Gasteiger partial charge in [0.2, 0.25) is 5.91 Å². The highest BCUT2D eigenvalue weighted by molar-refractivity contribution is 5.81. The predicted octanol–water partition coefficient (Wildman–Crippen LogP) is 0.887. The molecule has 2 saturated heterocycles. The molecule has 3 N–H and O–H groups in total. The first-order valence-electron chi connectivity index (χ1n) is 6.67. The van der Waals surface area contributed by atoms with Crippen molar-refractivity contribution in [3.05, 3.63) is 0 Å². The molecule has 5 nitrogen and oxygen atoms in total. The van der Waals surface area contributed by atoms with E-state index in [1.54, 1.807) is 0 Å². The highest BCUT2D eigenvalue weighted by Gasteiger charge is 2.43. The molecule has 0 spiro atoms. The molecule has 0 aromatic rings. The average Bonchev–Trinajstić information content (AvgIpc) is 2.87. The first kappa shape index (κ1) is 13.3. The zero-order valence-corrected chi connectivity index (χ0v) is 11.0. The van der Waals surface area contributed by atoms with E-state index in [-0.39, 0.29) is 18.2 Å². The molecule has 0 saturated carbocycles. The number of rotatable bonds is 5. The molecular weight excluding hydrogens is 232 g/mol. The number of nitrogens with one attached hydrogen (secondary N) is 2. The van der Waals surface area contributed by atoms with Gasteiger partial charge in [-0.1, -0.05) is 0 Å². The van der Waals surface area contributed by atoms with Gasteiger partial charge >= 0.3 is 5.97 Å². The second kappa shape index (κ2) is 4.88. The van der Waals surface area contributed by atoms with Crippen LogP contribution < -0.4 is 10.6 Å². The molecule has 1 amide bonds. The summed E-state index contributed by atoms with van der Waals surface area (Å²) in [6.45, 7) is 3.77. The number of hydrogen-bond acceptors (Lipinski definition) is 3. The summed E-state index contributed by atoms with van der Waals surface area (Å²) in [6.07, 6.45) is 3.73. The summed E-state index contributed by atoms with van der Waals surface area (Å²) in [5.74, 6) is -0.683. The van der Waals surface area contributed by atoms with E-state index in [4.69, 9.17) is 5.11 Å². The summed E-state index contributed by atoms with van der Waals surface area (Å²) in [4.78, 5) is 22.8. The molecule has 0 aliphatic carbocycles. The van der Waals surface area contributed by atoms with Crippen LogP contribution >= 0.6 is 0 Å². The van der Waals surface area contributed by atoms with Crippen LogP contribution in [0.1, 0.15) is 46.0 Å². The number of carbonyl (C=O) groups is 2. The molecule has 3 atom stereocenters. The lowest BCUT2D eigenvalue weighted by molar-refractivity contribution is -0.138. The second-order valence-corrected chi connectivity index (χ2v) is 6.16. The van der Waals surface area contributed by atoms with Crippen molar-refractivity contribution in [2.24, 2.45) is 5.92 Å². The van der Waals surface area contributed by atoms with Gasteiger partial charge in [-0.05, 0) is 39.5 Å². The summed E-state index contributed by atoms with van der Waals surface area (Å²) < 4.78 is 0. The molecule has 0 radical (unpaired) electrons. The van der Waals surface area contributed by atoms with E-state index in [9.17, 15) is 9.59 Å². The Labute approximate surface area is 107 Å². The normalized spacial score (nSPS) is 30.4. The Hall–Kier alpha value is -1.10. The fraction of sp³-hybridized carbons (Fsp3) is 0.846. The van der Waals surface area contributed by atoms with Crippen molar-refractivity contribution in [1.82, 2.24) is 10.6 Å². The Morgan fingerprint density at radius 1 is 1.39 bits per heavy atom. The van der Waals surface area contributed by atoms with Gasteiger partial charge in [-0.3, -0.25) is 9.59 Å². The number of carboxylic acids is 1. The Balaban J connectivity index is 1.85. The van der Waals surface area contributed by atoms with Crippen molar-refractivity contribution in [2.45, 2.75) is 63.6 Å². The van der Waals surface area contributed by atoms with E-state index < -0.39 is 11.5 Å². The number of carbonyl (C=O) groups excluding carboxylic acids is 1. The van der Waals surface area contributed by atoms with Crippen LogP contribution in [0.5, 0.6) is 0 Å². The molecule has 2 rings (SSSR count). The van der Waals surface area contributed by atoms with Gasteiger partial charge in [-0.15, -0.1) is 0 Å². The summed E-state index contributed by atoms with van der Waals surface area (Å²) in [6, 6.07) is 0.832. The Morgan fingerprint density at radius 2 is 2.11 bits per heavy atom. The fourth-order valence-corrected chi connectivity index (χ4v) is 3.02. The maximum absolute atomic E-state index is 12.2. The molecule has 2 aliphatic rings. The number of aliphatic carboxylic acids is 1. The van der Waals surface area contributed by atoms with Crippen molar-refractivity contribution in [3.63, 3.8) is 0 Å². The van der Waals surface area contributed by atoms with Crippen LogP contribution in [0.4, 0.5) is 0 Å². The van der Waals surface area contributed by atoms with E-state index in [0.717, 1.165) is 12.8 Å². The van der Waals surface area contributed by atoms with Gasteiger partial charge in [0.05, 0.1) is 5.92 Å². The number of hydrogen-bond donors (Lipinski definition) is 3. The Bertz CT molecular complexity index is 354. The van der Waals surface area contributed by atoms with Gasteiger partial charge in [-0.2, -0.15) is 0 Å². The van der Waals surface area contributed by atoms with E-state index in [1.165, 1.54) is 6.42 Å². The zero-order valence-electron chi connectivity index (χ0n) is 11.0. The van der Waals surface area contributed by atoms with Crippen molar-refractivity contribution < 1.29 is 14.7 Å². The van der Waals surface area contributed by atoms with Crippen molar-refractivity contribution in [2.75, 3.05) is 0 Å². The minimum atomic E-state index is -0.820. The van der Waals surface area contributed by atoms with Crippen molar-refractivity contribution in [1.29, 1.82) is 0 Å². The van der Waals surface area contributed by atoms with Crippen LogP contribution in [0.25, 0.3) is 0 Å². The average molecular weight is 254 g/mol. The molecule has 3 unspecified atom stereocenters. The van der Waals surface area contributed by atoms with Crippen LogP contribution in [0.15, 0.2) is 0 Å². The number of carboxylic acid groups (broad SMARTS) is 1. The standard InChI is InChI=1S/C13H22N2O3/c1-13(2,6-5-11(16)17)15-12(18)9-7-8-3-4-10(9)14-8/h8-10,14H,3-7H2,1-2H3,(H,15,18)(H,16,17). The van der Waals surface area contributed by atoms with Gasteiger partial charge in [-0.25, -0.2) is 0 Å². The summed E-state index contributed by atoms with van der Waals surface area (Å²) in [7, 11) is 0. The van der Waals surface area contributed by atoms with E-state index in [1.807, 2.05) is 13.8 Å². The first-order chi connectivity index (χ1) is 8.37. The molecule has 0 aromatic heterocycles. The minimum Gasteiger partial charge on any atom is -0.481 e. The SMILES string of the molecule is CC(C)(CCC(=O)O)NC(=O)C1CC2CCC1N2. The fourth-order valence-electron chi connectivity index (χ4n) is 3.02. The lowest BCUT2D eigenvalue weighted by Gasteiger charge is -2.29. The predicted molar refractivity (Wildman–Crippen MR) is 67.1 cm³/mol. The summed E-state index contributed by atoms with van der Waals surface area (Å²) in [5, 5.41) is 15.1. The Morgan fingerprint density at radius 3 is 2.61 bits per heavy atom.